The summed E-state index contributed by atoms with van der Waals surface area (Å²) in [4.78, 5) is 31.9. The predicted molar refractivity (Wildman–Crippen MR) is 134 cm³/mol. The molecule has 1 amide bonds. The van der Waals surface area contributed by atoms with Gasteiger partial charge in [0.1, 0.15) is 11.5 Å². The van der Waals surface area contributed by atoms with Crippen LogP contribution in [0.1, 0.15) is 26.8 Å². The summed E-state index contributed by atoms with van der Waals surface area (Å²) >= 11 is 1.28. The number of aliphatic hydroxyl groups excluding tert-OH is 1. The summed E-state index contributed by atoms with van der Waals surface area (Å²) in [5.74, 6) is 0.0190. The molecule has 35 heavy (non-hydrogen) atoms. The molecule has 5 rings (SSSR count). The third-order valence-corrected chi connectivity index (χ3v) is 7.19. The van der Waals surface area contributed by atoms with Crippen molar-refractivity contribution in [3.63, 3.8) is 0 Å². The van der Waals surface area contributed by atoms with E-state index in [1.54, 1.807) is 48.8 Å². The number of hydrogen-bond acceptors (Lipinski definition) is 6. The van der Waals surface area contributed by atoms with Crippen LogP contribution in [-0.2, 0) is 11.2 Å². The van der Waals surface area contributed by atoms with Crippen LogP contribution in [-0.4, -0.2) is 47.4 Å². The summed E-state index contributed by atoms with van der Waals surface area (Å²) in [6, 6.07) is 15.8. The molecule has 2 N–H and O–H groups in total. The van der Waals surface area contributed by atoms with Gasteiger partial charge in [0.15, 0.2) is 5.76 Å². The van der Waals surface area contributed by atoms with Gasteiger partial charge in [-0.1, -0.05) is 18.2 Å². The molecule has 7 nitrogen and oxygen atoms in total. The van der Waals surface area contributed by atoms with Gasteiger partial charge in [0.05, 0.1) is 30.7 Å². The number of hydrogen-bond donors (Lipinski definition) is 2. The Morgan fingerprint density at radius 1 is 1.09 bits per heavy atom. The molecule has 3 heterocycles. The zero-order chi connectivity index (χ0) is 24.5. The lowest BCUT2D eigenvalue weighted by molar-refractivity contribution is -0.129. The summed E-state index contributed by atoms with van der Waals surface area (Å²) in [7, 11) is 3.20. The number of fused-ring (bicyclic) bond motifs is 1. The number of aromatic amines is 1. The molecule has 0 spiro atoms. The van der Waals surface area contributed by atoms with Crippen LogP contribution in [0.2, 0.25) is 0 Å². The lowest BCUT2D eigenvalue weighted by Crippen LogP contribution is -2.33. The van der Waals surface area contributed by atoms with Gasteiger partial charge in [0.25, 0.3) is 5.91 Å². The molecule has 0 saturated carbocycles. The number of carbonyl (C=O) groups excluding carboxylic acids is 2. The Hall–Kier alpha value is -4.04. The quantitative estimate of drug-likeness (QED) is 0.338. The Morgan fingerprint density at radius 3 is 2.51 bits per heavy atom. The van der Waals surface area contributed by atoms with E-state index < -0.39 is 17.7 Å². The van der Waals surface area contributed by atoms with Crippen LogP contribution < -0.4 is 9.47 Å². The summed E-state index contributed by atoms with van der Waals surface area (Å²) in [6.45, 7) is 0.310. The van der Waals surface area contributed by atoms with Crippen LogP contribution in [0.25, 0.3) is 10.9 Å². The van der Waals surface area contributed by atoms with Crippen molar-refractivity contribution in [3.05, 3.63) is 93.5 Å². The maximum atomic E-state index is 13.4. The number of amides is 1. The van der Waals surface area contributed by atoms with E-state index in [4.69, 9.17) is 9.47 Å². The normalized spacial score (nSPS) is 15.8. The summed E-state index contributed by atoms with van der Waals surface area (Å²) in [6.07, 6.45) is 2.44. The zero-order valence-corrected chi connectivity index (χ0v) is 20.1. The van der Waals surface area contributed by atoms with Crippen LogP contribution in [0.15, 0.2) is 77.5 Å². The molecular formula is C27H24N2O5S. The van der Waals surface area contributed by atoms with Crippen molar-refractivity contribution < 1.29 is 24.2 Å². The molecule has 1 atom stereocenters. The highest BCUT2D eigenvalue weighted by Gasteiger charge is 2.43. The molecule has 8 heteroatoms. The molecule has 0 bridgehead atoms. The number of nitrogens with zero attached hydrogens (tertiary/aromatic N) is 1. The van der Waals surface area contributed by atoms with Crippen molar-refractivity contribution in [2.24, 2.45) is 0 Å². The molecular weight excluding hydrogens is 464 g/mol. The van der Waals surface area contributed by atoms with E-state index in [1.165, 1.54) is 11.3 Å². The Bertz CT molecular complexity index is 1420. The zero-order valence-electron chi connectivity index (χ0n) is 19.3. The fourth-order valence-electron chi connectivity index (χ4n) is 4.52. The monoisotopic (exact) mass is 488 g/mol. The fourth-order valence-corrected chi connectivity index (χ4v) is 5.20. The topological polar surface area (TPSA) is 91.9 Å². The lowest BCUT2D eigenvalue weighted by atomic mass is 9.95. The minimum Gasteiger partial charge on any atom is -0.503 e. The number of Topliss-reactive ketones (excluding diaryl/α,β-unsaturated/α-hetero) is 1. The Labute approximate surface area is 206 Å². The second kappa shape index (κ2) is 9.31. The van der Waals surface area contributed by atoms with Crippen LogP contribution >= 0.6 is 11.3 Å². The molecule has 1 aliphatic heterocycles. The first-order valence-electron chi connectivity index (χ1n) is 11.1. The number of benzene rings is 2. The molecule has 0 radical (unpaired) electrons. The third kappa shape index (κ3) is 4.06. The van der Waals surface area contributed by atoms with Gasteiger partial charge in [0.2, 0.25) is 5.78 Å². The smallest absolute Gasteiger partial charge is 0.290 e. The SMILES string of the molecule is COc1ccc([C@H]2C(C(=O)c3cccs3)=C(O)C(=O)N2CCc2c[nH]c3ccc(OC)cc23)cc1. The average Bonchev–Trinajstić information content (AvgIpc) is 3.62. The van der Waals surface area contributed by atoms with E-state index in [1.807, 2.05) is 36.5 Å². The first-order chi connectivity index (χ1) is 17.0. The maximum absolute atomic E-state index is 13.4. The molecule has 4 aromatic rings. The van der Waals surface area contributed by atoms with Gasteiger partial charge in [-0.25, -0.2) is 0 Å². The summed E-state index contributed by atoms with van der Waals surface area (Å²) in [5, 5.41) is 13.7. The van der Waals surface area contributed by atoms with Crippen molar-refractivity contribution in [3.8, 4) is 11.5 Å². The van der Waals surface area contributed by atoms with Crippen molar-refractivity contribution in [1.29, 1.82) is 0 Å². The van der Waals surface area contributed by atoms with Crippen LogP contribution in [0.4, 0.5) is 0 Å². The fraction of sp³-hybridized carbons (Fsp3) is 0.185. The second-order valence-corrected chi connectivity index (χ2v) is 9.17. The number of rotatable bonds is 8. The van der Waals surface area contributed by atoms with Crippen molar-refractivity contribution in [2.75, 3.05) is 20.8 Å². The van der Waals surface area contributed by atoms with Gasteiger partial charge in [0, 0.05) is 23.6 Å². The summed E-state index contributed by atoms with van der Waals surface area (Å²) in [5.41, 5.74) is 2.81. The molecule has 2 aromatic heterocycles. The molecule has 2 aromatic carbocycles. The van der Waals surface area contributed by atoms with E-state index in [9.17, 15) is 14.7 Å². The average molecular weight is 489 g/mol. The minimum absolute atomic E-state index is 0.100. The van der Waals surface area contributed by atoms with Gasteiger partial charge < -0.3 is 24.5 Å². The second-order valence-electron chi connectivity index (χ2n) is 8.22. The number of thiophene rings is 1. The first-order valence-corrected chi connectivity index (χ1v) is 12.0. The first kappa shape index (κ1) is 22.7. The molecule has 178 valence electrons. The van der Waals surface area contributed by atoms with E-state index >= 15 is 0 Å². The van der Waals surface area contributed by atoms with Crippen molar-refractivity contribution >= 4 is 33.9 Å². The number of H-pyrrole nitrogens is 1. The standard InChI is InChI=1S/C27H24N2O5S/c1-33-18-7-5-16(6-8-18)24-23(25(30)22-4-3-13-35-22)26(31)27(32)29(24)12-11-17-15-28-21-10-9-19(34-2)14-20(17)21/h3-10,13-15,24,28,31H,11-12H2,1-2H3/t24-/m0/s1. The third-order valence-electron chi connectivity index (χ3n) is 6.32. The van der Waals surface area contributed by atoms with Crippen molar-refractivity contribution in [2.45, 2.75) is 12.5 Å². The highest BCUT2D eigenvalue weighted by molar-refractivity contribution is 7.12. The van der Waals surface area contributed by atoms with E-state index in [0.29, 0.717) is 23.6 Å². The Kier molecular flexibility index (Phi) is 6.05. The minimum atomic E-state index is -0.706. The highest BCUT2D eigenvalue weighted by Crippen LogP contribution is 2.40. The van der Waals surface area contributed by atoms with Gasteiger partial charge >= 0.3 is 0 Å². The number of carbonyl (C=O) groups is 2. The van der Waals surface area contributed by atoms with Crippen LogP contribution in [0, 0.1) is 0 Å². The molecule has 0 saturated heterocycles. The van der Waals surface area contributed by atoms with Gasteiger partial charge in [-0.2, -0.15) is 0 Å². The van der Waals surface area contributed by atoms with Crippen LogP contribution in [0.3, 0.4) is 0 Å². The highest BCUT2D eigenvalue weighted by atomic mass is 32.1. The lowest BCUT2D eigenvalue weighted by Gasteiger charge is -2.27. The Balaban J connectivity index is 1.50. The van der Waals surface area contributed by atoms with E-state index in [2.05, 4.69) is 4.98 Å². The summed E-state index contributed by atoms with van der Waals surface area (Å²) < 4.78 is 10.6. The number of methoxy groups -OCH3 is 2. The number of ketones is 1. The van der Waals surface area contributed by atoms with Gasteiger partial charge in [-0.3, -0.25) is 9.59 Å². The molecule has 0 unspecified atom stereocenters. The largest absolute Gasteiger partial charge is 0.503 e. The van der Waals surface area contributed by atoms with Gasteiger partial charge in [-0.15, -0.1) is 11.3 Å². The maximum Gasteiger partial charge on any atom is 0.290 e. The molecule has 0 fully saturated rings. The van der Waals surface area contributed by atoms with E-state index in [0.717, 1.165) is 27.8 Å². The number of nitrogens with one attached hydrogen (secondary N) is 1. The number of aromatic nitrogens is 1. The predicted octanol–water partition coefficient (Wildman–Crippen LogP) is 5.07. The Morgan fingerprint density at radius 2 is 1.83 bits per heavy atom. The molecule has 0 aliphatic carbocycles. The van der Waals surface area contributed by atoms with Crippen LogP contribution in [0.5, 0.6) is 11.5 Å². The number of ether oxygens (including phenoxy) is 2. The molecule has 1 aliphatic rings. The van der Waals surface area contributed by atoms with E-state index in [-0.39, 0.29) is 11.4 Å². The van der Waals surface area contributed by atoms with Gasteiger partial charge in [-0.05, 0) is 59.3 Å². The number of aliphatic hydroxyl groups is 1. The van der Waals surface area contributed by atoms with Crippen molar-refractivity contribution in [1.82, 2.24) is 9.88 Å².